The van der Waals surface area contributed by atoms with Gasteiger partial charge in [-0.1, -0.05) is 51.4 Å². The molecule has 0 fully saturated rings. The highest BCUT2D eigenvalue weighted by Gasteiger charge is 2.25. The number of carbonyl (C=O) groups excluding carboxylic acids is 2. The van der Waals surface area contributed by atoms with Crippen molar-refractivity contribution in [2.24, 2.45) is 0 Å². The molecular weight excluding hydrogens is 309 g/mol. The second kappa shape index (κ2) is 13.4. The number of ether oxygens (including phenoxy) is 1. The third-order valence-corrected chi connectivity index (χ3v) is 3.51. The van der Waals surface area contributed by atoms with Crippen LogP contribution < -0.4 is 0 Å². The number of alkyl halides is 3. The number of unbranched alkanes of at least 4 members (excludes halogenated alkanes) is 9. The van der Waals surface area contributed by atoms with Crippen molar-refractivity contribution in [1.29, 1.82) is 0 Å². The molecule has 0 atom stereocenters. The van der Waals surface area contributed by atoms with Crippen LogP contribution in [0.25, 0.3) is 0 Å². The van der Waals surface area contributed by atoms with Gasteiger partial charge in [0.1, 0.15) is 12.2 Å². The molecule has 0 bridgehead atoms. The van der Waals surface area contributed by atoms with E-state index in [9.17, 15) is 22.8 Å². The van der Waals surface area contributed by atoms with E-state index < -0.39 is 18.6 Å². The molecule has 0 aromatic heterocycles. The van der Waals surface area contributed by atoms with Crippen molar-refractivity contribution >= 4 is 11.8 Å². The number of ketones is 1. The van der Waals surface area contributed by atoms with E-state index in [-0.39, 0.29) is 18.6 Å². The van der Waals surface area contributed by atoms with E-state index in [2.05, 4.69) is 0 Å². The molecule has 6 heteroatoms. The van der Waals surface area contributed by atoms with E-state index in [1.807, 2.05) is 0 Å². The van der Waals surface area contributed by atoms with E-state index in [0.29, 0.717) is 13.0 Å². The van der Waals surface area contributed by atoms with Crippen LogP contribution in [0, 0.1) is 0 Å². The largest absolute Gasteiger partial charge is 0.465 e. The Labute approximate surface area is 137 Å². The molecule has 23 heavy (non-hydrogen) atoms. The van der Waals surface area contributed by atoms with E-state index in [4.69, 9.17) is 4.74 Å². The maximum atomic E-state index is 11.9. The molecule has 0 aromatic rings. The van der Waals surface area contributed by atoms with Crippen LogP contribution in [-0.4, -0.2) is 24.5 Å². The van der Waals surface area contributed by atoms with Gasteiger partial charge in [-0.25, -0.2) is 0 Å². The SMILES string of the molecule is CC(=O)CC(=O)OCCCCCCCCCCCCC(F)(F)F. The topological polar surface area (TPSA) is 43.4 Å². The lowest BCUT2D eigenvalue weighted by molar-refractivity contribution is -0.145. The summed E-state index contributed by atoms with van der Waals surface area (Å²) in [5, 5.41) is 0. The van der Waals surface area contributed by atoms with Gasteiger partial charge in [-0.15, -0.1) is 0 Å². The third-order valence-electron chi connectivity index (χ3n) is 3.51. The van der Waals surface area contributed by atoms with Crippen molar-refractivity contribution < 1.29 is 27.5 Å². The quantitative estimate of drug-likeness (QED) is 0.243. The van der Waals surface area contributed by atoms with Crippen LogP contribution in [0.2, 0.25) is 0 Å². The standard InChI is InChI=1S/C17H29F3O3/c1-15(21)14-16(22)23-13-11-9-7-5-3-2-4-6-8-10-12-17(18,19)20/h2-14H2,1H3. The van der Waals surface area contributed by atoms with Gasteiger partial charge in [0.2, 0.25) is 0 Å². The number of rotatable bonds is 14. The predicted molar refractivity (Wildman–Crippen MR) is 83.1 cm³/mol. The summed E-state index contributed by atoms with van der Waals surface area (Å²) in [6.07, 6.45) is 4.08. The molecule has 0 heterocycles. The number of carbonyl (C=O) groups is 2. The van der Waals surface area contributed by atoms with E-state index in [1.54, 1.807) is 0 Å². The average Bonchev–Trinajstić information content (AvgIpc) is 2.42. The summed E-state index contributed by atoms with van der Waals surface area (Å²) < 4.78 is 40.7. The zero-order chi connectivity index (χ0) is 17.6. The Morgan fingerprint density at radius 1 is 0.783 bits per heavy atom. The molecule has 0 rings (SSSR count). The van der Waals surface area contributed by atoms with E-state index >= 15 is 0 Å². The van der Waals surface area contributed by atoms with Crippen molar-refractivity contribution in [3.8, 4) is 0 Å². The van der Waals surface area contributed by atoms with Gasteiger partial charge in [0, 0.05) is 6.42 Å². The predicted octanol–water partition coefficient (Wildman–Crippen LogP) is 5.36. The molecule has 0 unspecified atom stereocenters. The minimum Gasteiger partial charge on any atom is -0.465 e. The average molecular weight is 338 g/mol. The molecule has 0 radical (unpaired) electrons. The number of hydrogen-bond donors (Lipinski definition) is 0. The number of esters is 1. The Morgan fingerprint density at radius 3 is 1.65 bits per heavy atom. The summed E-state index contributed by atoms with van der Waals surface area (Å²) in [5.74, 6) is -0.642. The summed E-state index contributed by atoms with van der Waals surface area (Å²) in [6, 6.07) is 0. The first-order valence-electron chi connectivity index (χ1n) is 8.53. The van der Waals surface area contributed by atoms with Gasteiger partial charge in [-0.2, -0.15) is 13.2 Å². The van der Waals surface area contributed by atoms with Gasteiger partial charge >= 0.3 is 12.1 Å². The second-order valence-electron chi connectivity index (χ2n) is 6.00. The monoisotopic (exact) mass is 338 g/mol. The Bertz CT molecular complexity index is 328. The van der Waals surface area contributed by atoms with Gasteiger partial charge in [-0.05, 0) is 19.8 Å². The van der Waals surface area contributed by atoms with Gasteiger partial charge in [0.15, 0.2) is 0 Å². The fourth-order valence-electron chi connectivity index (χ4n) is 2.28. The Balaban J connectivity index is 3.16. The van der Waals surface area contributed by atoms with Crippen LogP contribution in [0.1, 0.15) is 84.0 Å². The molecule has 0 saturated carbocycles. The third kappa shape index (κ3) is 18.9. The first-order chi connectivity index (χ1) is 10.8. The summed E-state index contributed by atoms with van der Waals surface area (Å²) in [7, 11) is 0. The molecule has 136 valence electrons. The van der Waals surface area contributed by atoms with Crippen molar-refractivity contribution in [1.82, 2.24) is 0 Å². The highest BCUT2D eigenvalue weighted by Crippen LogP contribution is 2.23. The zero-order valence-electron chi connectivity index (χ0n) is 14.1. The van der Waals surface area contributed by atoms with Crippen LogP contribution in [0.4, 0.5) is 13.2 Å². The number of Topliss-reactive ketones (excluding diaryl/α,β-unsaturated/α-hetero) is 1. The number of hydrogen-bond acceptors (Lipinski definition) is 3. The lowest BCUT2D eigenvalue weighted by Crippen LogP contribution is -2.09. The lowest BCUT2D eigenvalue weighted by atomic mass is 10.1. The molecular formula is C17H29F3O3. The first-order valence-corrected chi connectivity index (χ1v) is 8.53. The normalized spacial score (nSPS) is 11.5. The highest BCUT2D eigenvalue weighted by molar-refractivity contribution is 5.94. The second-order valence-corrected chi connectivity index (χ2v) is 6.00. The number of halogens is 3. The van der Waals surface area contributed by atoms with Crippen molar-refractivity contribution in [3.63, 3.8) is 0 Å². The zero-order valence-corrected chi connectivity index (χ0v) is 14.1. The molecule has 3 nitrogen and oxygen atoms in total. The van der Waals surface area contributed by atoms with Crippen LogP contribution in [0.5, 0.6) is 0 Å². The molecule has 0 saturated heterocycles. The Morgan fingerprint density at radius 2 is 1.22 bits per heavy atom. The Hall–Kier alpha value is -1.07. The van der Waals surface area contributed by atoms with E-state index in [0.717, 1.165) is 51.4 Å². The van der Waals surface area contributed by atoms with Crippen molar-refractivity contribution in [2.75, 3.05) is 6.61 Å². The van der Waals surface area contributed by atoms with Gasteiger partial charge in [0.05, 0.1) is 6.61 Å². The van der Waals surface area contributed by atoms with Crippen LogP contribution in [0.3, 0.4) is 0 Å². The highest BCUT2D eigenvalue weighted by atomic mass is 19.4. The van der Waals surface area contributed by atoms with Gasteiger partial charge in [-0.3, -0.25) is 9.59 Å². The summed E-state index contributed by atoms with van der Waals surface area (Å²) in [4.78, 5) is 21.8. The van der Waals surface area contributed by atoms with E-state index in [1.165, 1.54) is 6.92 Å². The summed E-state index contributed by atoms with van der Waals surface area (Å²) >= 11 is 0. The maximum absolute atomic E-state index is 11.9. The molecule has 0 amide bonds. The van der Waals surface area contributed by atoms with Gasteiger partial charge < -0.3 is 4.74 Å². The maximum Gasteiger partial charge on any atom is 0.389 e. The first kappa shape index (κ1) is 21.9. The minimum absolute atomic E-state index is 0.150. The van der Waals surface area contributed by atoms with Crippen molar-refractivity contribution in [3.05, 3.63) is 0 Å². The summed E-state index contributed by atoms with van der Waals surface area (Å²) in [5.41, 5.74) is 0. The van der Waals surface area contributed by atoms with Crippen LogP contribution in [0.15, 0.2) is 0 Å². The minimum atomic E-state index is -4.01. The fourth-order valence-corrected chi connectivity index (χ4v) is 2.28. The van der Waals surface area contributed by atoms with Crippen molar-refractivity contribution in [2.45, 2.75) is 90.1 Å². The van der Waals surface area contributed by atoms with Crippen LogP contribution >= 0.6 is 0 Å². The molecule has 0 aliphatic rings. The molecule has 0 aliphatic carbocycles. The van der Waals surface area contributed by atoms with Gasteiger partial charge in [0.25, 0.3) is 0 Å². The smallest absolute Gasteiger partial charge is 0.389 e. The molecule has 0 aliphatic heterocycles. The molecule has 0 N–H and O–H groups in total. The van der Waals surface area contributed by atoms with Crippen LogP contribution in [-0.2, 0) is 14.3 Å². The molecule has 0 spiro atoms. The fraction of sp³-hybridized carbons (Fsp3) is 0.882. The Kier molecular flexibility index (Phi) is 12.8. The lowest BCUT2D eigenvalue weighted by Gasteiger charge is -2.06. The summed E-state index contributed by atoms with van der Waals surface area (Å²) in [6.45, 7) is 1.73. The molecule has 0 aromatic carbocycles.